The molecule has 31 heavy (non-hydrogen) atoms. The van der Waals surface area contributed by atoms with Gasteiger partial charge in [-0.05, 0) is 61.1 Å². The van der Waals surface area contributed by atoms with Crippen LogP contribution >= 0.6 is 0 Å². The molecule has 0 spiro atoms. The van der Waals surface area contributed by atoms with Gasteiger partial charge in [0.1, 0.15) is 0 Å². The van der Waals surface area contributed by atoms with E-state index in [0.717, 1.165) is 34.2 Å². The molecule has 0 atom stereocenters. The van der Waals surface area contributed by atoms with Crippen molar-refractivity contribution in [2.45, 2.75) is 53.4 Å². The van der Waals surface area contributed by atoms with Crippen LogP contribution in [0.4, 0.5) is 11.4 Å². The molecule has 2 aromatic carbocycles. The zero-order valence-corrected chi connectivity index (χ0v) is 20.2. The molecule has 3 nitrogen and oxygen atoms in total. The van der Waals surface area contributed by atoms with Crippen LogP contribution in [0.1, 0.15) is 75.9 Å². The summed E-state index contributed by atoms with van der Waals surface area (Å²) in [6, 6.07) is 22.7. The van der Waals surface area contributed by atoms with E-state index in [4.69, 9.17) is 15.0 Å². The molecule has 0 saturated heterocycles. The summed E-state index contributed by atoms with van der Waals surface area (Å²) in [5.41, 5.74) is 8.06. The number of para-hydroxylation sites is 2. The maximum absolute atomic E-state index is 4.89. The fraction of sp³-hybridized carbons (Fsp3) is 0.296. The number of pyridine rings is 1. The maximum atomic E-state index is 4.89. The van der Waals surface area contributed by atoms with Crippen LogP contribution in [0.3, 0.4) is 0 Å². The Morgan fingerprint density at radius 2 is 1.00 bits per heavy atom. The first-order valence-electron chi connectivity index (χ1n) is 10.6. The SMILES string of the molecule is C/C(=N\c1ccccc1C(C)C)c1cccc(/C(C)=N/c2ccccc2C(C)C)n1.[Co]. The van der Waals surface area contributed by atoms with E-state index in [2.05, 4.69) is 64.1 Å². The Bertz CT molecular complexity index is 998. The monoisotopic (exact) mass is 456 g/mol. The van der Waals surface area contributed by atoms with E-state index in [-0.39, 0.29) is 16.8 Å². The maximum Gasteiger partial charge on any atom is 0.0849 e. The Labute approximate surface area is 197 Å². The Morgan fingerprint density at radius 3 is 1.39 bits per heavy atom. The van der Waals surface area contributed by atoms with Gasteiger partial charge >= 0.3 is 0 Å². The van der Waals surface area contributed by atoms with Gasteiger partial charge < -0.3 is 0 Å². The molecule has 0 unspecified atom stereocenters. The molecule has 0 N–H and O–H groups in total. The molecule has 0 aliphatic heterocycles. The smallest absolute Gasteiger partial charge is 0.0849 e. The molecule has 1 aromatic heterocycles. The van der Waals surface area contributed by atoms with Gasteiger partial charge in [-0.15, -0.1) is 0 Å². The van der Waals surface area contributed by atoms with Crippen molar-refractivity contribution in [2.24, 2.45) is 9.98 Å². The van der Waals surface area contributed by atoms with E-state index in [1.807, 2.05) is 44.2 Å². The van der Waals surface area contributed by atoms with Gasteiger partial charge in [0.2, 0.25) is 0 Å². The van der Waals surface area contributed by atoms with E-state index >= 15 is 0 Å². The molecule has 0 fully saturated rings. The first-order chi connectivity index (χ1) is 14.4. The summed E-state index contributed by atoms with van der Waals surface area (Å²) >= 11 is 0. The molecule has 4 heteroatoms. The van der Waals surface area contributed by atoms with Gasteiger partial charge in [0.15, 0.2) is 0 Å². The summed E-state index contributed by atoms with van der Waals surface area (Å²) in [5.74, 6) is 0.847. The molecule has 0 amide bonds. The molecular weight excluding hydrogens is 425 g/mol. The van der Waals surface area contributed by atoms with Crippen molar-refractivity contribution in [1.82, 2.24) is 4.98 Å². The number of hydrogen-bond acceptors (Lipinski definition) is 3. The normalized spacial score (nSPS) is 12.3. The molecule has 0 aliphatic carbocycles. The van der Waals surface area contributed by atoms with Crippen molar-refractivity contribution in [3.63, 3.8) is 0 Å². The minimum absolute atomic E-state index is 0. The summed E-state index contributed by atoms with van der Waals surface area (Å²) in [5, 5.41) is 0. The predicted octanol–water partition coefficient (Wildman–Crippen LogP) is 7.61. The number of aromatic nitrogens is 1. The molecule has 0 bridgehead atoms. The van der Waals surface area contributed by atoms with E-state index in [9.17, 15) is 0 Å². The number of hydrogen-bond donors (Lipinski definition) is 0. The summed E-state index contributed by atoms with van der Waals surface area (Å²) in [7, 11) is 0. The van der Waals surface area contributed by atoms with Gasteiger partial charge in [-0.25, -0.2) is 4.98 Å². The van der Waals surface area contributed by atoms with Gasteiger partial charge in [-0.3, -0.25) is 9.98 Å². The Hall–Kier alpha value is -2.56. The molecule has 0 saturated carbocycles. The van der Waals surface area contributed by atoms with Crippen LogP contribution in [-0.4, -0.2) is 16.4 Å². The number of benzene rings is 2. The Kier molecular flexibility index (Phi) is 8.90. The molecule has 0 aliphatic rings. The second kappa shape index (κ2) is 11.2. The minimum atomic E-state index is 0. The van der Waals surface area contributed by atoms with Crippen LogP contribution in [0.2, 0.25) is 0 Å². The van der Waals surface area contributed by atoms with Crippen LogP contribution in [0.15, 0.2) is 76.7 Å². The van der Waals surface area contributed by atoms with Crippen LogP contribution in [-0.2, 0) is 16.8 Å². The first kappa shape index (κ1) is 24.7. The second-order valence-electron chi connectivity index (χ2n) is 8.23. The average molecular weight is 456 g/mol. The molecule has 3 rings (SSSR count). The fourth-order valence-electron chi connectivity index (χ4n) is 3.47. The summed E-state index contributed by atoms with van der Waals surface area (Å²) in [6.45, 7) is 12.8. The third kappa shape index (κ3) is 6.22. The number of aliphatic imine (C=N–C) groups is 2. The largest absolute Gasteiger partial charge is 0.251 e. The van der Waals surface area contributed by atoms with Crippen molar-refractivity contribution in [1.29, 1.82) is 0 Å². The van der Waals surface area contributed by atoms with Crippen LogP contribution in [0.25, 0.3) is 0 Å². The topological polar surface area (TPSA) is 37.6 Å². The van der Waals surface area contributed by atoms with Crippen LogP contribution in [0.5, 0.6) is 0 Å². The minimum Gasteiger partial charge on any atom is -0.251 e. The fourth-order valence-corrected chi connectivity index (χ4v) is 3.47. The van der Waals surface area contributed by atoms with Gasteiger partial charge in [0, 0.05) is 16.8 Å². The van der Waals surface area contributed by atoms with Gasteiger partial charge in [0.05, 0.1) is 34.2 Å². The zero-order valence-electron chi connectivity index (χ0n) is 19.2. The molecule has 1 radical (unpaired) electrons. The summed E-state index contributed by atoms with van der Waals surface area (Å²) in [4.78, 5) is 14.6. The third-order valence-corrected chi connectivity index (χ3v) is 5.18. The quantitative estimate of drug-likeness (QED) is 0.352. The predicted molar refractivity (Wildman–Crippen MR) is 129 cm³/mol. The molecule has 3 aromatic rings. The van der Waals surface area contributed by atoms with E-state index in [1.165, 1.54) is 11.1 Å². The first-order valence-corrected chi connectivity index (χ1v) is 10.6. The molecule has 1 heterocycles. The van der Waals surface area contributed by atoms with Gasteiger partial charge in [0.25, 0.3) is 0 Å². The summed E-state index contributed by atoms with van der Waals surface area (Å²) in [6.07, 6.45) is 0. The van der Waals surface area contributed by atoms with Gasteiger partial charge in [-0.1, -0.05) is 70.2 Å². The third-order valence-electron chi connectivity index (χ3n) is 5.18. The Morgan fingerprint density at radius 1 is 0.613 bits per heavy atom. The molecule has 163 valence electrons. The average Bonchev–Trinajstić information content (AvgIpc) is 2.74. The number of rotatable bonds is 6. The van der Waals surface area contributed by atoms with E-state index in [0.29, 0.717) is 11.8 Å². The van der Waals surface area contributed by atoms with Gasteiger partial charge in [-0.2, -0.15) is 0 Å². The zero-order chi connectivity index (χ0) is 21.7. The van der Waals surface area contributed by atoms with Crippen molar-refractivity contribution >= 4 is 22.8 Å². The van der Waals surface area contributed by atoms with Crippen molar-refractivity contribution in [3.8, 4) is 0 Å². The van der Waals surface area contributed by atoms with Crippen LogP contribution < -0.4 is 0 Å². The van der Waals surface area contributed by atoms with Crippen molar-refractivity contribution in [2.75, 3.05) is 0 Å². The molecular formula is C27H31CoN3. The standard InChI is InChI=1S/C27H31N3.Co/c1-18(2)22-12-7-9-14-26(22)28-20(5)24-16-11-17-25(30-24)21(6)29-27-15-10-8-13-23(27)19(3)4;/h7-19H,1-6H3;/b28-20+,29-21+;. The number of nitrogens with zero attached hydrogens (tertiary/aromatic N) is 3. The van der Waals surface area contributed by atoms with Crippen molar-refractivity contribution in [3.05, 3.63) is 89.2 Å². The Balaban J connectivity index is 0.00000341. The summed E-state index contributed by atoms with van der Waals surface area (Å²) < 4.78 is 0. The van der Waals surface area contributed by atoms with Crippen molar-refractivity contribution < 1.29 is 16.8 Å². The van der Waals surface area contributed by atoms with E-state index < -0.39 is 0 Å². The second-order valence-corrected chi connectivity index (χ2v) is 8.23. The van der Waals surface area contributed by atoms with E-state index in [1.54, 1.807) is 0 Å². The van der Waals surface area contributed by atoms with Crippen LogP contribution in [0, 0.1) is 0 Å².